The summed E-state index contributed by atoms with van der Waals surface area (Å²) in [6.07, 6.45) is -0.0606. The molecule has 0 saturated carbocycles. The Labute approximate surface area is 140 Å². The molecule has 1 aliphatic rings. The van der Waals surface area contributed by atoms with Gasteiger partial charge in [-0.2, -0.15) is 0 Å². The van der Waals surface area contributed by atoms with Gasteiger partial charge >= 0.3 is 0 Å². The summed E-state index contributed by atoms with van der Waals surface area (Å²) in [5.41, 5.74) is 1.03. The Morgan fingerprint density at radius 2 is 2.26 bits per heavy atom. The van der Waals surface area contributed by atoms with E-state index in [0.717, 1.165) is 40.2 Å². The average Bonchev–Trinajstić information content (AvgIpc) is 2.95. The molecule has 5 nitrogen and oxygen atoms in total. The molecular weight excluding hydrogens is 310 g/mol. The SMILES string of the molecule is CN(C)CCNC(=O)c1sc2ccccc2c1[C@H]1CNCCO1. The molecule has 2 heterocycles. The minimum atomic E-state index is -0.0606. The van der Waals surface area contributed by atoms with Crippen molar-refractivity contribution in [2.75, 3.05) is 46.9 Å². The lowest BCUT2D eigenvalue weighted by atomic mass is 10.0. The number of hydrogen-bond acceptors (Lipinski definition) is 5. The molecule has 1 fully saturated rings. The molecule has 2 N–H and O–H groups in total. The lowest BCUT2D eigenvalue weighted by Gasteiger charge is -2.24. The molecule has 1 aromatic heterocycles. The Hall–Kier alpha value is -1.47. The van der Waals surface area contributed by atoms with Gasteiger partial charge in [-0.1, -0.05) is 18.2 Å². The maximum Gasteiger partial charge on any atom is 0.261 e. The molecule has 1 aromatic carbocycles. The average molecular weight is 333 g/mol. The highest BCUT2D eigenvalue weighted by atomic mass is 32.1. The summed E-state index contributed by atoms with van der Waals surface area (Å²) in [5.74, 6) is -0.00257. The van der Waals surface area contributed by atoms with E-state index in [4.69, 9.17) is 4.74 Å². The zero-order valence-corrected chi connectivity index (χ0v) is 14.4. The van der Waals surface area contributed by atoms with Crippen molar-refractivity contribution in [1.29, 1.82) is 0 Å². The topological polar surface area (TPSA) is 53.6 Å². The fourth-order valence-electron chi connectivity index (χ4n) is 2.78. The largest absolute Gasteiger partial charge is 0.371 e. The number of hydrogen-bond donors (Lipinski definition) is 2. The van der Waals surface area contributed by atoms with Crippen LogP contribution in [-0.2, 0) is 4.74 Å². The third-order valence-corrected chi connectivity index (χ3v) is 5.12. The van der Waals surface area contributed by atoms with Crippen molar-refractivity contribution in [3.8, 4) is 0 Å². The van der Waals surface area contributed by atoms with Gasteiger partial charge in [0.2, 0.25) is 0 Å². The van der Waals surface area contributed by atoms with E-state index < -0.39 is 0 Å². The van der Waals surface area contributed by atoms with Gasteiger partial charge < -0.3 is 20.3 Å². The number of carbonyl (C=O) groups excluding carboxylic acids is 1. The van der Waals surface area contributed by atoms with Gasteiger partial charge in [0.25, 0.3) is 5.91 Å². The van der Waals surface area contributed by atoms with Crippen LogP contribution in [0.25, 0.3) is 10.1 Å². The third-order valence-electron chi connectivity index (χ3n) is 3.93. The van der Waals surface area contributed by atoms with Crippen LogP contribution in [0.2, 0.25) is 0 Å². The molecule has 6 heteroatoms. The van der Waals surface area contributed by atoms with E-state index in [9.17, 15) is 4.79 Å². The summed E-state index contributed by atoms with van der Waals surface area (Å²) in [4.78, 5) is 15.5. The minimum absolute atomic E-state index is 0.00257. The summed E-state index contributed by atoms with van der Waals surface area (Å²) in [5, 5.41) is 7.51. The van der Waals surface area contributed by atoms with Crippen molar-refractivity contribution in [3.05, 3.63) is 34.7 Å². The van der Waals surface area contributed by atoms with Gasteiger partial charge in [0.1, 0.15) is 0 Å². The smallest absolute Gasteiger partial charge is 0.261 e. The lowest BCUT2D eigenvalue weighted by molar-refractivity contribution is 0.0282. The zero-order valence-electron chi connectivity index (χ0n) is 13.6. The van der Waals surface area contributed by atoms with Crippen molar-refractivity contribution in [3.63, 3.8) is 0 Å². The number of amides is 1. The molecule has 1 amide bonds. The molecule has 0 unspecified atom stereocenters. The number of carbonyl (C=O) groups is 1. The number of fused-ring (bicyclic) bond motifs is 1. The quantitative estimate of drug-likeness (QED) is 0.877. The van der Waals surface area contributed by atoms with Gasteiger partial charge in [0.15, 0.2) is 0 Å². The van der Waals surface area contributed by atoms with E-state index in [1.807, 2.05) is 26.2 Å². The first kappa shape index (κ1) is 16.4. The number of likely N-dealkylation sites (N-methyl/N-ethyl adjacent to an activating group) is 1. The van der Waals surface area contributed by atoms with Gasteiger partial charge in [-0.15, -0.1) is 11.3 Å². The molecule has 0 radical (unpaired) electrons. The Bertz CT molecular complexity index is 678. The number of rotatable bonds is 5. The molecule has 0 spiro atoms. The van der Waals surface area contributed by atoms with E-state index in [2.05, 4.69) is 27.7 Å². The number of nitrogens with zero attached hydrogens (tertiary/aromatic N) is 1. The molecule has 1 atom stereocenters. The maximum absolute atomic E-state index is 12.7. The van der Waals surface area contributed by atoms with Crippen molar-refractivity contribution in [1.82, 2.24) is 15.5 Å². The Kier molecular flexibility index (Phi) is 5.27. The second-order valence-electron chi connectivity index (χ2n) is 5.96. The van der Waals surface area contributed by atoms with Crippen molar-refractivity contribution >= 4 is 27.3 Å². The lowest BCUT2D eigenvalue weighted by Crippen LogP contribution is -2.35. The van der Waals surface area contributed by atoms with Gasteiger partial charge in [0.05, 0.1) is 17.6 Å². The Morgan fingerprint density at radius 1 is 1.43 bits per heavy atom. The summed E-state index contributed by atoms with van der Waals surface area (Å²) in [6.45, 7) is 3.76. The van der Waals surface area contributed by atoms with Crippen LogP contribution in [-0.4, -0.2) is 57.7 Å². The molecule has 0 bridgehead atoms. The van der Waals surface area contributed by atoms with Crippen LogP contribution in [0.3, 0.4) is 0 Å². The molecule has 1 saturated heterocycles. The van der Waals surface area contributed by atoms with Crippen LogP contribution in [0.15, 0.2) is 24.3 Å². The number of morpholine rings is 1. The second kappa shape index (κ2) is 7.40. The highest BCUT2D eigenvalue weighted by molar-refractivity contribution is 7.21. The van der Waals surface area contributed by atoms with E-state index in [0.29, 0.717) is 13.2 Å². The van der Waals surface area contributed by atoms with Gasteiger partial charge in [-0.05, 0) is 25.5 Å². The molecular formula is C17H23N3O2S. The van der Waals surface area contributed by atoms with Crippen molar-refractivity contribution < 1.29 is 9.53 Å². The van der Waals surface area contributed by atoms with Gasteiger partial charge in [-0.3, -0.25) is 4.79 Å². The van der Waals surface area contributed by atoms with Crippen LogP contribution in [0.5, 0.6) is 0 Å². The van der Waals surface area contributed by atoms with Crippen LogP contribution in [0, 0.1) is 0 Å². The van der Waals surface area contributed by atoms with Crippen molar-refractivity contribution in [2.24, 2.45) is 0 Å². The van der Waals surface area contributed by atoms with E-state index in [-0.39, 0.29) is 12.0 Å². The standard InChI is InChI=1S/C17H23N3O2S/c1-20(2)9-7-19-17(21)16-15(13-11-18-8-10-22-13)12-5-3-4-6-14(12)23-16/h3-6,13,18H,7-11H2,1-2H3,(H,19,21)/t13-/m1/s1. The first-order valence-electron chi connectivity index (χ1n) is 7.93. The normalized spacial score (nSPS) is 18.5. The van der Waals surface area contributed by atoms with E-state index >= 15 is 0 Å². The number of thiophene rings is 1. The minimum Gasteiger partial charge on any atom is -0.371 e. The number of benzene rings is 1. The van der Waals surface area contributed by atoms with Gasteiger partial charge in [0, 0.05) is 36.4 Å². The van der Waals surface area contributed by atoms with Crippen LogP contribution >= 0.6 is 11.3 Å². The van der Waals surface area contributed by atoms with E-state index in [1.54, 1.807) is 11.3 Å². The summed E-state index contributed by atoms with van der Waals surface area (Å²) >= 11 is 1.55. The van der Waals surface area contributed by atoms with E-state index in [1.165, 1.54) is 0 Å². The summed E-state index contributed by atoms with van der Waals surface area (Å²) < 4.78 is 7.05. The Balaban J connectivity index is 1.90. The molecule has 3 rings (SSSR count). The molecule has 0 aliphatic carbocycles. The van der Waals surface area contributed by atoms with Crippen LogP contribution < -0.4 is 10.6 Å². The summed E-state index contributed by atoms with van der Waals surface area (Å²) in [7, 11) is 4.00. The Morgan fingerprint density at radius 3 is 3.00 bits per heavy atom. The van der Waals surface area contributed by atoms with Crippen LogP contribution in [0.1, 0.15) is 21.3 Å². The third kappa shape index (κ3) is 3.72. The maximum atomic E-state index is 12.7. The highest BCUT2D eigenvalue weighted by Gasteiger charge is 2.26. The fraction of sp³-hybridized carbons (Fsp3) is 0.471. The molecule has 1 aliphatic heterocycles. The number of nitrogens with one attached hydrogen (secondary N) is 2. The van der Waals surface area contributed by atoms with Crippen molar-refractivity contribution in [2.45, 2.75) is 6.10 Å². The van der Waals surface area contributed by atoms with Crippen LogP contribution in [0.4, 0.5) is 0 Å². The predicted octanol–water partition coefficient (Wildman–Crippen LogP) is 1.85. The first-order valence-corrected chi connectivity index (χ1v) is 8.75. The highest BCUT2D eigenvalue weighted by Crippen LogP contribution is 2.37. The summed E-state index contributed by atoms with van der Waals surface area (Å²) in [6, 6.07) is 8.17. The second-order valence-corrected chi connectivity index (χ2v) is 7.02. The zero-order chi connectivity index (χ0) is 16.2. The molecule has 23 heavy (non-hydrogen) atoms. The first-order chi connectivity index (χ1) is 11.2. The molecule has 124 valence electrons. The van der Waals surface area contributed by atoms with Gasteiger partial charge in [-0.25, -0.2) is 0 Å². The predicted molar refractivity (Wildman–Crippen MR) is 94.3 cm³/mol. The fourth-order valence-corrected chi connectivity index (χ4v) is 3.95. The monoisotopic (exact) mass is 333 g/mol. The molecule has 2 aromatic rings. The number of ether oxygens (including phenoxy) is 1.